The maximum atomic E-state index is 12.8. The van der Waals surface area contributed by atoms with Gasteiger partial charge in [0.25, 0.3) is 0 Å². The Labute approximate surface area is 173 Å². The Morgan fingerprint density at radius 2 is 1.82 bits per heavy atom. The zero-order valence-electron chi connectivity index (χ0n) is 17.2. The minimum atomic E-state index is 0.00307. The van der Waals surface area contributed by atoms with Gasteiger partial charge in [-0.25, -0.2) is 4.79 Å². The van der Waals surface area contributed by atoms with Crippen LogP contribution in [0.15, 0.2) is 0 Å². The van der Waals surface area contributed by atoms with E-state index in [-0.39, 0.29) is 6.03 Å². The molecule has 156 valence electrons. The molecule has 2 saturated heterocycles. The number of likely N-dealkylation sites (tertiary alicyclic amines) is 2. The highest BCUT2D eigenvalue weighted by Gasteiger charge is 2.27. The van der Waals surface area contributed by atoms with Gasteiger partial charge in [0.1, 0.15) is 5.01 Å². The first kappa shape index (κ1) is 20.1. The molecule has 1 N–H and O–H groups in total. The number of urea groups is 1. The number of rotatable bonds is 4. The second kappa shape index (κ2) is 9.53. The van der Waals surface area contributed by atoms with Gasteiger partial charge in [-0.15, -0.1) is 10.2 Å². The highest BCUT2D eigenvalue weighted by atomic mass is 32.1. The van der Waals surface area contributed by atoms with E-state index in [0.29, 0.717) is 17.0 Å². The lowest BCUT2D eigenvalue weighted by molar-refractivity contribution is 0.124. The Morgan fingerprint density at radius 3 is 2.61 bits per heavy atom. The van der Waals surface area contributed by atoms with Crippen LogP contribution in [0.2, 0.25) is 0 Å². The summed E-state index contributed by atoms with van der Waals surface area (Å²) >= 11 is 1.57. The first-order chi connectivity index (χ1) is 13.7. The molecule has 0 bridgehead atoms. The Morgan fingerprint density at radius 1 is 1.04 bits per heavy atom. The number of piperidine rings is 2. The summed E-state index contributed by atoms with van der Waals surface area (Å²) in [6.07, 6.45) is 11.3. The zero-order valence-corrected chi connectivity index (χ0v) is 18.1. The smallest absolute Gasteiger partial charge is 0.323 e. The van der Waals surface area contributed by atoms with E-state index in [1.54, 1.807) is 11.3 Å². The van der Waals surface area contributed by atoms with Crippen LogP contribution < -0.4 is 5.32 Å². The van der Waals surface area contributed by atoms with E-state index in [4.69, 9.17) is 0 Å². The van der Waals surface area contributed by atoms with Crippen molar-refractivity contribution in [2.75, 3.05) is 38.0 Å². The summed E-state index contributed by atoms with van der Waals surface area (Å²) in [6, 6.07) is 0.00307. The Balaban J connectivity index is 1.26. The molecule has 1 unspecified atom stereocenters. The van der Waals surface area contributed by atoms with Gasteiger partial charge in [0, 0.05) is 25.6 Å². The molecule has 3 heterocycles. The molecule has 6 nitrogen and oxygen atoms in total. The van der Waals surface area contributed by atoms with Gasteiger partial charge in [-0.05, 0) is 63.5 Å². The summed E-state index contributed by atoms with van der Waals surface area (Å²) in [7, 11) is 0. The minimum absolute atomic E-state index is 0.00307. The maximum absolute atomic E-state index is 12.8. The molecule has 1 atom stereocenters. The second-order valence-electron chi connectivity index (χ2n) is 9.15. The third-order valence-corrected chi connectivity index (χ3v) is 7.81. The highest BCUT2D eigenvalue weighted by molar-refractivity contribution is 7.15. The van der Waals surface area contributed by atoms with E-state index in [1.165, 1.54) is 64.5 Å². The SMILES string of the molecule is CC1CCN(CC2CCCN(C(=O)Nc3nnc(C4CCCCC4)s3)C2)CC1. The van der Waals surface area contributed by atoms with Crippen LogP contribution in [0.3, 0.4) is 0 Å². The van der Waals surface area contributed by atoms with Crippen molar-refractivity contribution in [3.63, 3.8) is 0 Å². The van der Waals surface area contributed by atoms with E-state index < -0.39 is 0 Å². The van der Waals surface area contributed by atoms with Crippen LogP contribution in [0.1, 0.15) is 75.6 Å². The number of carbonyl (C=O) groups is 1. The Kier molecular flexibility index (Phi) is 6.83. The molecule has 1 aromatic heterocycles. The molecule has 1 aromatic rings. The Bertz CT molecular complexity index is 636. The molecule has 3 aliphatic rings. The van der Waals surface area contributed by atoms with Crippen LogP contribution in [0.5, 0.6) is 0 Å². The van der Waals surface area contributed by atoms with Gasteiger partial charge in [-0.1, -0.05) is 37.5 Å². The van der Waals surface area contributed by atoms with E-state index in [2.05, 4.69) is 27.3 Å². The molecule has 1 aliphatic carbocycles. The van der Waals surface area contributed by atoms with Crippen LogP contribution in [-0.4, -0.2) is 58.8 Å². The number of anilines is 1. The van der Waals surface area contributed by atoms with Crippen molar-refractivity contribution in [2.45, 2.75) is 70.6 Å². The van der Waals surface area contributed by atoms with Gasteiger partial charge in [0.15, 0.2) is 0 Å². The zero-order chi connectivity index (χ0) is 19.3. The molecule has 28 heavy (non-hydrogen) atoms. The van der Waals surface area contributed by atoms with E-state index >= 15 is 0 Å². The molecule has 7 heteroatoms. The predicted octanol–water partition coefficient (Wildman–Crippen LogP) is 4.56. The summed E-state index contributed by atoms with van der Waals surface area (Å²) in [5, 5.41) is 13.4. The maximum Gasteiger partial charge on any atom is 0.323 e. The molecule has 0 spiro atoms. The van der Waals surface area contributed by atoms with Crippen molar-refractivity contribution in [1.82, 2.24) is 20.0 Å². The topological polar surface area (TPSA) is 61.4 Å². The first-order valence-corrected chi connectivity index (χ1v) is 12.1. The third kappa shape index (κ3) is 5.23. The van der Waals surface area contributed by atoms with E-state index in [9.17, 15) is 4.79 Å². The lowest BCUT2D eigenvalue weighted by atomic mass is 9.90. The van der Waals surface area contributed by atoms with Gasteiger partial charge in [0.05, 0.1) is 0 Å². The third-order valence-electron chi connectivity index (χ3n) is 6.81. The Hall–Kier alpha value is -1.21. The summed E-state index contributed by atoms with van der Waals surface area (Å²) in [6.45, 7) is 7.66. The lowest BCUT2D eigenvalue weighted by Gasteiger charge is -2.37. The normalized spacial score (nSPS) is 25.8. The number of carbonyl (C=O) groups excluding carboxylic acids is 1. The fourth-order valence-corrected chi connectivity index (χ4v) is 5.88. The average molecular weight is 406 g/mol. The number of hydrogen-bond acceptors (Lipinski definition) is 5. The molecular weight excluding hydrogens is 370 g/mol. The van der Waals surface area contributed by atoms with Crippen molar-refractivity contribution in [1.29, 1.82) is 0 Å². The number of amides is 2. The number of hydrogen-bond donors (Lipinski definition) is 1. The van der Waals surface area contributed by atoms with Gasteiger partial charge in [-0.3, -0.25) is 5.32 Å². The number of nitrogens with one attached hydrogen (secondary N) is 1. The molecule has 0 radical (unpaired) electrons. The summed E-state index contributed by atoms with van der Waals surface area (Å²) in [5.41, 5.74) is 0. The van der Waals surface area contributed by atoms with Crippen LogP contribution in [0, 0.1) is 11.8 Å². The highest BCUT2D eigenvalue weighted by Crippen LogP contribution is 2.35. The van der Waals surface area contributed by atoms with Crippen LogP contribution in [0.4, 0.5) is 9.93 Å². The second-order valence-corrected chi connectivity index (χ2v) is 10.2. The average Bonchev–Trinajstić information content (AvgIpc) is 3.19. The minimum Gasteiger partial charge on any atom is -0.324 e. The fraction of sp³-hybridized carbons (Fsp3) is 0.857. The largest absolute Gasteiger partial charge is 0.324 e. The molecule has 3 fully saturated rings. The number of aromatic nitrogens is 2. The summed E-state index contributed by atoms with van der Waals surface area (Å²) in [5.74, 6) is 2.01. The quantitative estimate of drug-likeness (QED) is 0.797. The molecule has 4 rings (SSSR count). The molecular formula is C21H35N5OS. The summed E-state index contributed by atoms with van der Waals surface area (Å²) in [4.78, 5) is 17.4. The fourth-order valence-electron chi connectivity index (χ4n) is 4.98. The van der Waals surface area contributed by atoms with Gasteiger partial charge in [-0.2, -0.15) is 0 Å². The monoisotopic (exact) mass is 405 g/mol. The van der Waals surface area contributed by atoms with E-state index in [0.717, 1.165) is 37.0 Å². The van der Waals surface area contributed by atoms with Crippen LogP contribution in [0.25, 0.3) is 0 Å². The first-order valence-electron chi connectivity index (χ1n) is 11.3. The van der Waals surface area contributed by atoms with Crippen molar-refractivity contribution in [3.05, 3.63) is 5.01 Å². The molecule has 1 saturated carbocycles. The summed E-state index contributed by atoms with van der Waals surface area (Å²) < 4.78 is 0. The van der Waals surface area contributed by atoms with Gasteiger partial charge < -0.3 is 9.80 Å². The van der Waals surface area contributed by atoms with E-state index in [1.807, 2.05) is 4.90 Å². The molecule has 2 amide bonds. The predicted molar refractivity (Wildman–Crippen MR) is 114 cm³/mol. The van der Waals surface area contributed by atoms with Crippen LogP contribution in [-0.2, 0) is 0 Å². The standard InChI is InChI=1S/C21H35N5OS/c1-16-9-12-25(13-10-16)14-17-6-5-11-26(15-17)21(27)22-20-24-23-19(28-20)18-7-3-2-4-8-18/h16-18H,2-15H2,1H3,(H,22,24,27). The van der Waals surface area contributed by atoms with Gasteiger partial charge in [0.2, 0.25) is 5.13 Å². The van der Waals surface area contributed by atoms with Crippen molar-refractivity contribution in [3.8, 4) is 0 Å². The molecule has 2 aliphatic heterocycles. The van der Waals surface area contributed by atoms with Crippen LogP contribution >= 0.6 is 11.3 Å². The molecule has 0 aromatic carbocycles. The van der Waals surface area contributed by atoms with Crippen molar-refractivity contribution < 1.29 is 4.79 Å². The van der Waals surface area contributed by atoms with Crippen molar-refractivity contribution in [2.24, 2.45) is 11.8 Å². The number of nitrogens with zero attached hydrogens (tertiary/aromatic N) is 4. The van der Waals surface area contributed by atoms with Crippen molar-refractivity contribution >= 4 is 22.5 Å². The lowest BCUT2D eigenvalue weighted by Crippen LogP contribution is -2.46. The van der Waals surface area contributed by atoms with Gasteiger partial charge >= 0.3 is 6.03 Å².